The van der Waals surface area contributed by atoms with Crippen LogP contribution >= 0.6 is 0 Å². The lowest BCUT2D eigenvalue weighted by atomic mass is 9.89. The van der Waals surface area contributed by atoms with E-state index in [1.807, 2.05) is 24.9 Å². The van der Waals surface area contributed by atoms with Gasteiger partial charge in [-0.05, 0) is 62.3 Å². The molecule has 0 unspecified atom stereocenters. The van der Waals surface area contributed by atoms with Crippen molar-refractivity contribution >= 4 is 11.2 Å². The average Bonchev–Trinajstić information content (AvgIpc) is 3.21. The highest BCUT2D eigenvalue weighted by Crippen LogP contribution is 2.33. The van der Waals surface area contributed by atoms with Crippen LogP contribution in [0.25, 0.3) is 33.7 Å². The van der Waals surface area contributed by atoms with Gasteiger partial charge < -0.3 is 4.98 Å². The van der Waals surface area contributed by atoms with Gasteiger partial charge in [-0.25, -0.2) is 9.97 Å². The standard InChI is InChI=1S/C22H23N5/c1-13-19(14(2)27(3)26-13)21-24-20-18(10-11-23-22(20)25-21)17-9-8-15-6-4-5-7-16(15)12-17/h8-12H,4-7H2,1-3H3,(H,23,24,25). The molecule has 1 N–H and O–H groups in total. The van der Waals surface area contributed by atoms with E-state index in [4.69, 9.17) is 4.98 Å². The maximum atomic E-state index is 4.77. The maximum Gasteiger partial charge on any atom is 0.178 e. The minimum Gasteiger partial charge on any atom is -0.336 e. The Morgan fingerprint density at radius 3 is 2.63 bits per heavy atom. The van der Waals surface area contributed by atoms with Gasteiger partial charge >= 0.3 is 0 Å². The number of benzene rings is 1. The van der Waals surface area contributed by atoms with E-state index in [0.717, 1.165) is 39.5 Å². The molecule has 0 saturated carbocycles. The fourth-order valence-corrected chi connectivity index (χ4v) is 4.29. The first-order valence-corrected chi connectivity index (χ1v) is 9.59. The van der Waals surface area contributed by atoms with E-state index in [1.54, 1.807) is 0 Å². The average molecular weight is 357 g/mol. The molecule has 0 radical (unpaired) electrons. The van der Waals surface area contributed by atoms with Crippen molar-refractivity contribution < 1.29 is 0 Å². The number of pyridine rings is 1. The van der Waals surface area contributed by atoms with Crippen LogP contribution in [0.4, 0.5) is 0 Å². The van der Waals surface area contributed by atoms with E-state index in [2.05, 4.69) is 46.3 Å². The van der Waals surface area contributed by atoms with Crippen LogP contribution in [0.2, 0.25) is 0 Å². The highest BCUT2D eigenvalue weighted by atomic mass is 15.3. The van der Waals surface area contributed by atoms with Crippen molar-refractivity contribution in [2.24, 2.45) is 7.05 Å². The molecule has 3 aromatic heterocycles. The van der Waals surface area contributed by atoms with Crippen LogP contribution in [0.15, 0.2) is 30.5 Å². The molecule has 1 aromatic carbocycles. The highest BCUT2D eigenvalue weighted by Gasteiger charge is 2.18. The summed E-state index contributed by atoms with van der Waals surface area (Å²) in [5.74, 6) is 0.839. The molecule has 1 aliphatic carbocycles. The number of nitrogens with zero attached hydrogens (tertiary/aromatic N) is 4. The van der Waals surface area contributed by atoms with Crippen molar-refractivity contribution in [2.75, 3.05) is 0 Å². The first-order chi connectivity index (χ1) is 13.1. The van der Waals surface area contributed by atoms with Crippen LogP contribution in [-0.4, -0.2) is 24.7 Å². The van der Waals surface area contributed by atoms with Crippen molar-refractivity contribution in [3.8, 4) is 22.5 Å². The Bertz CT molecular complexity index is 1170. The summed E-state index contributed by atoms with van der Waals surface area (Å²) in [4.78, 5) is 12.8. The number of imidazole rings is 1. The third-order valence-corrected chi connectivity index (χ3v) is 5.80. The SMILES string of the molecule is Cc1nn(C)c(C)c1-c1nc2nccc(-c3ccc4c(c3)CCCC4)c2[nH]1. The Labute approximate surface area is 158 Å². The van der Waals surface area contributed by atoms with Gasteiger partial charge in [0.2, 0.25) is 0 Å². The molecular formula is C22H23N5. The molecule has 136 valence electrons. The number of aromatic nitrogens is 5. The molecule has 0 saturated heterocycles. The monoisotopic (exact) mass is 357 g/mol. The summed E-state index contributed by atoms with van der Waals surface area (Å²) >= 11 is 0. The van der Waals surface area contributed by atoms with Gasteiger partial charge in [0.25, 0.3) is 0 Å². The second kappa shape index (κ2) is 6.05. The molecule has 0 bridgehead atoms. The summed E-state index contributed by atoms with van der Waals surface area (Å²) in [5.41, 5.74) is 10.3. The molecule has 3 heterocycles. The summed E-state index contributed by atoms with van der Waals surface area (Å²) in [6, 6.07) is 8.96. The van der Waals surface area contributed by atoms with E-state index in [1.165, 1.54) is 42.4 Å². The van der Waals surface area contributed by atoms with Crippen molar-refractivity contribution in [1.82, 2.24) is 24.7 Å². The van der Waals surface area contributed by atoms with E-state index in [9.17, 15) is 0 Å². The minimum absolute atomic E-state index is 0.753. The Hall–Kier alpha value is -2.95. The number of rotatable bonds is 2. The molecule has 5 rings (SSSR count). The van der Waals surface area contributed by atoms with Crippen molar-refractivity contribution in [3.05, 3.63) is 53.0 Å². The minimum atomic E-state index is 0.753. The fourth-order valence-electron chi connectivity index (χ4n) is 4.29. The fraction of sp³-hybridized carbons (Fsp3) is 0.318. The summed E-state index contributed by atoms with van der Waals surface area (Å²) in [6.45, 7) is 4.09. The Morgan fingerprint density at radius 2 is 1.85 bits per heavy atom. The molecule has 0 spiro atoms. The van der Waals surface area contributed by atoms with E-state index in [0.29, 0.717) is 0 Å². The van der Waals surface area contributed by atoms with Crippen LogP contribution < -0.4 is 0 Å². The summed E-state index contributed by atoms with van der Waals surface area (Å²) in [6.07, 6.45) is 6.83. The summed E-state index contributed by atoms with van der Waals surface area (Å²) < 4.78 is 1.90. The van der Waals surface area contributed by atoms with E-state index < -0.39 is 0 Å². The quantitative estimate of drug-likeness (QED) is 0.574. The molecule has 0 atom stereocenters. The Balaban J connectivity index is 1.67. The number of aryl methyl sites for hydroxylation is 4. The molecule has 5 heteroatoms. The van der Waals surface area contributed by atoms with Crippen molar-refractivity contribution in [3.63, 3.8) is 0 Å². The molecular weight excluding hydrogens is 334 g/mol. The molecule has 5 nitrogen and oxygen atoms in total. The zero-order valence-corrected chi connectivity index (χ0v) is 16.0. The first kappa shape index (κ1) is 16.2. The smallest absolute Gasteiger partial charge is 0.178 e. The Kier molecular flexibility index (Phi) is 3.64. The van der Waals surface area contributed by atoms with Crippen LogP contribution in [-0.2, 0) is 19.9 Å². The van der Waals surface area contributed by atoms with E-state index >= 15 is 0 Å². The lowest BCUT2D eigenvalue weighted by molar-refractivity contribution is 0.686. The van der Waals surface area contributed by atoms with Crippen LogP contribution in [0.5, 0.6) is 0 Å². The lowest BCUT2D eigenvalue weighted by Gasteiger charge is -2.16. The van der Waals surface area contributed by atoms with Crippen molar-refractivity contribution in [1.29, 1.82) is 0 Å². The van der Waals surface area contributed by atoms with Crippen LogP contribution in [0.1, 0.15) is 35.4 Å². The highest BCUT2D eigenvalue weighted by molar-refractivity contribution is 5.91. The predicted molar refractivity (Wildman–Crippen MR) is 108 cm³/mol. The van der Waals surface area contributed by atoms with Gasteiger partial charge in [0.05, 0.1) is 16.8 Å². The molecule has 1 aliphatic rings. The molecule has 4 aromatic rings. The topological polar surface area (TPSA) is 59.4 Å². The first-order valence-electron chi connectivity index (χ1n) is 9.59. The van der Waals surface area contributed by atoms with E-state index in [-0.39, 0.29) is 0 Å². The number of H-pyrrole nitrogens is 1. The number of fused-ring (bicyclic) bond motifs is 2. The third-order valence-electron chi connectivity index (χ3n) is 5.80. The Morgan fingerprint density at radius 1 is 1.04 bits per heavy atom. The molecule has 0 fully saturated rings. The number of hydrogen-bond acceptors (Lipinski definition) is 3. The van der Waals surface area contributed by atoms with Crippen LogP contribution in [0, 0.1) is 13.8 Å². The van der Waals surface area contributed by atoms with Gasteiger partial charge in [0.15, 0.2) is 5.65 Å². The van der Waals surface area contributed by atoms with Gasteiger partial charge in [-0.1, -0.05) is 18.2 Å². The zero-order valence-electron chi connectivity index (χ0n) is 16.0. The van der Waals surface area contributed by atoms with Gasteiger partial charge in [0.1, 0.15) is 5.82 Å². The lowest BCUT2D eigenvalue weighted by Crippen LogP contribution is -2.02. The van der Waals surface area contributed by atoms with Gasteiger partial charge in [-0.3, -0.25) is 4.68 Å². The normalized spacial score (nSPS) is 13.9. The summed E-state index contributed by atoms with van der Waals surface area (Å²) in [5, 5.41) is 4.52. The molecule has 0 amide bonds. The third kappa shape index (κ3) is 2.57. The van der Waals surface area contributed by atoms with Gasteiger partial charge in [-0.2, -0.15) is 5.10 Å². The van der Waals surface area contributed by atoms with Crippen LogP contribution in [0.3, 0.4) is 0 Å². The maximum absolute atomic E-state index is 4.77. The number of nitrogens with one attached hydrogen (secondary N) is 1. The molecule has 0 aliphatic heterocycles. The van der Waals surface area contributed by atoms with Gasteiger partial charge in [-0.15, -0.1) is 0 Å². The number of aromatic amines is 1. The number of hydrogen-bond donors (Lipinski definition) is 1. The zero-order chi connectivity index (χ0) is 18.5. The van der Waals surface area contributed by atoms with Gasteiger partial charge in [0, 0.05) is 24.5 Å². The largest absolute Gasteiger partial charge is 0.336 e. The predicted octanol–water partition coefficient (Wildman–Crippen LogP) is 4.52. The van der Waals surface area contributed by atoms with Crippen molar-refractivity contribution in [2.45, 2.75) is 39.5 Å². The second-order valence-electron chi connectivity index (χ2n) is 7.50. The second-order valence-corrected chi connectivity index (χ2v) is 7.50. The molecule has 27 heavy (non-hydrogen) atoms. The summed E-state index contributed by atoms with van der Waals surface area (Å²) in [7, 11) is 1.96.